The van der Waals surface area contributed by atoms with E-state index in [0.29, 0.717) is 0 Å². The molecular formula is C45H30O3. The van der Waals surface area contributed by atoms with Crippen LogP contribution in [0, 0.1) is 20.8 Å². The van der Waals surface area contributed by atoms with Crippen molar-refractivity contribution in [1.82, 2.24) is 0 Å². The molecule has 48 heavy (non-hydrogen) atoms. The number of benzene rings is 7. The molecule has 0 saturated carbocycles. The molecule has 0 bridgehead atoms. The molecule has 3 aromatic heterocycles. The van der Waals surface area contributed by atoms with Gasteiger partial charge in [-0.3, -0.25) is 0 Å². The molecule has 0 aliphatic carbocycles. The van der Waals surface area contributed by atoms with Gasteiger partial charge in [0.05, 0.1) is 0 Å². The van der Waals surface area contributed by atoms with Crippen molar-refractivity contribution in [3.63, 3.8) is 0 Å². The summed E-state index contributed by atoms with van der Waals surface area (Å²) < 4.78 is 18.7. The Labute approximate surface area is 276 Å². The SMILES string of the molecule is Cc1c(-c2ccc3oc4ccccc4c3c2)c(C)c(-c2ccc3oc4ccccc4c3c2)c(C)c1-c1ccc2oc3ccccc3c2c1. The van der Waals surface area contributed by atoms with E-state index in [-0.39, 0.29) is 0 Å². The van der Waals surface area contributed by atoms with Gasteiger partial charge in [0.1, 0.15) is 33.5 Å². The molecule has 0 spiro atoms. The molecule has 0 aliphatic heterocycles. The van der Waals surface area contributed by atoms with E-state index in [0.717, 1.165) is 65.8 Å². The smallest absolute Gasteiger partial charge is 0.135 e. The molecule has 0 atom stereocenters. The van der Waals surface area contributed by atoms with E-state index in [1.165, 1.54) is 50.1 Å². The first kappa shape index (κ1) is 27.1. The molecule has 3 nitrogen and oxygen atoms in total. The quantitative estimate of drug-likeness (QED) is 0.198. The van der Waals surface area contributed by atoms with E-state index in [4.69, 9.17) is 13.3 Å². The van der Waals surface area contributed by atoms with Gasteiger partial charge < -0.3 is 13.3 Å². The number of furan rings is 3. The van der Waals surface area contributed by atoms with Crippen LogP contribution < -0.4 is 0 Å². The van der Waals surface area contributed by atoms with Gasteiger partial charge in [-0.1, -0.05) is 72.8 Å². The van der Waals surface area contributed by atoms with Crippen LogP contribution in [0.3, 0.4) is 0 Å². The van der Waals surface area contributed by atoms with Gasteiger partial charge in [0, 0.05) is 32.3 Å². The summed E-state index contributed by atoms with van der Waals surface area (Å²) >= 11 is 0. The van der Waals surface area contributed by atoms with Gasteiger partial charge >= 0.3 is 0 Å². The fourth-order valence-electron chi connectivity index (χ4n) is 8.16. The Morgan fingerprint density at radius 3 is 0.875 bits per heavy atom. The van der Waals surface area contributed by atoms with Crippen molar-refractivity contribution in [2.24, 2.45) is 0 Å². The summed E-state index contributed by atoms with van der Waals surface area (Å²) in [6, 6.07) is 44.8. The normalized spacial score (nSPS) is 12.1. The highest BCUT2D eigenvalue weighted by Crippen LogP contribution is 2.46. The molecule has 10 aromatic rings. The maximum atomic E-state index is 6.23. The first-order valence-corrected chi connectivity index (χ1v) is 16.4. The highest BCUT2D eigenvalue weighted by atomic mass is 16.3. The minimum Gasteiger partial charge on any atom is -0.456 e. The molecule has 7 aromatic carbocycles. The third-order valence-electron chi connectivity index (χ3n) is 10.2. The summed E-state index contributed by atoms with van der Waals surface area (Å²) in [5, 5.41) is 6.78. The van der Waals surface area contributed by atoms with Gasteiger partial charge in [0.15, 0.2) is 0 Å². The lowest BCUT2D eigenvalue weighted by Crippen LogP contribution is -2.00. The van der Waals surface area contributed by atoms with Gasteiger partial charge in [-0.15, -0.1) is 0 Å². The Kier molecular flexibility index (Phi) is 5.63. The summed E-state index contributed by atoms with van der Waals surface area (Å²) in [4.78, 5) is 0. The first-order chi connectivity index (χ1) is 23.5. The van der Waals surface area contributed by atoms with E-state index < -0.39 is 0 Å². The summed E-state index contributed by atoms with van der Waals surface area (Å²) in [6.45, 7) is 6.82. The lowest BCUT2D eigenvalue weighted by Gasteiger charge is -2.23. The Balaban J connectivity index is 1.29. The number of fused-ring (bicyclic) bond motifs is 9. The van der Waals surface area contributed by atoms with Crippen molar-refractivity contribution >= 4 is 65.8 Å². The van der Waals surface area contributed by atoms with Crippen LogP contribution in [0.5, 0.6) is 0 Å². The van der Waals surface area contributed by atoms with E-state index in [1.54, 1.807) is 0 Å². The average Bonchev–Trinajstić information content (AvgIpc) is 3.79. The Morgan fingerprint density at radius 1 is 0.292 bits per heavy atom. The zero-order valence-electron chi connectivity index (χ0n) is 26.8. The molecular weight excluding hydrogens is 588 g/mol. The maximum Gasteiger partial charge on any atom is 0.135 e. The number of rotatable bonds is 3. The van der Waals surface area contributed by atoms with Crippen molar-refractivity contribution in [2.45, 2.75) is 20.8 Å². The highest BCUT2D eigenvalue weighted by Gasteiger charge is 2.23. The molecule has 0 fully saturated rings. The van der Waals surface area contributed by atoms with Crippen LogP contribution in [0.25, 0.3) is 99.2 Å². The molecule has 0 amide bonds. The average molecular weight is 619 g/mol. The first-order valence-electron chi connectivity index (χ1n) is 16.4. The van der Waals surface area contributed by atoms with Crippen LogP contribution in [-0.4, -0.2) is 0 Å². The number of hydrogen-bond acceptors (Lipinski definition) is 3. The standard InChI is InChI=1S/C45H30O3/c1-25-43(28-16-19-40-34(22-28)31-10-4-7-13-37(31)46-40)26(2)45(30-18-21-42-36(24-30)33-12-6-9-15-39(33)48-42)27(3)44(25)29-17-20-41-35(23-29)32-11-5-8-14-38(32)47-41/h4-24H,1-3H3. The second kappa shape index (κ2) is 9.97. The zero-order chi connectivity index (χ0) is 32.1. The second-order valence-corrected chi connectivity index (χ2v) is 12.9. The molecule has 3 heteroatoms. The molecule has 3 heterocycles. The molecule has 228 valence electrons. The molecule has 0 radical (unpaired) electrons. The van der Waals surface area contributed by atoms with Gasteiger partial charge in [-0.25, -0.2) is 0 Å². The van der Waals surface area contributed by atoms with E-state index in [9.17, 15) is 0 Å². The van der Waals surface area contributed by atoms with Crippen molar-refractivity contribution < 1.29 is 13.3 Å². The Hall–Kier alpha value is -6.06. The van der Waals surface area contributed by atoms with Gasteiger partial charge in [0.2, 0.25) is 0 Å². The number of para-hydroxylation sites is 3. The predicted octanol–water partition coefficient (Wildman–Crippen LogP) is 13.3. The fraction of sp³-hybridized carbons (Fsp3) is 0.0667. The van der Waals surface area contributed by atoms with E-state index >= 15 is 0 Å². The Bertz CT molecular complexity index is 2590. The van der Waals surface area contributed by atoms with E-state index in [2.05, 4.69) is 112 Å². The van der Waals surface area contributed by atoms with Crippen molar-refractivity contribution in [3.8, 4) is 33.4 Å². The molecule has 0 N–H and O–H groups in total. The third kappa shape index (κ3) is 3.82. The van der Waals surface area contributed by atoms with Crippen LogP contribution in [0.1, 0.15) is 16.7 Å². The predicted molar refractivity (Wildman–Crippen MR) is 199 cm³/mol. The summed E-state index contributed by atoms with van der Waals surface area (Å²) in [6.07, 6.45) is 0. The molecule has 0 unspecified atom stereocenters. The minimum absolute atomic E-state index is 0.900. The summed E-state index contributed by atoms with van der Waals surface area (Å²) in [7, 11) is 0. The second-order valence-electron chi connectivity index (χ2n) is 12.9. The molecule has 10 rings (SSSR count). The lowest BCUT2D eigenvalue weighted by molar-refractivity contribution is 0.668. The van der Waals surface area contributed by atoms with E-state index in [1.807, 2.05) is 36.4 Å². The molecule has 0 saturated heterocycles. The lowest BCUT2D eigenvalue weighted by atomic mass is 9.80. The van der Waals surface area contributed by atoms with Crippen molar-refractivity contribution in [3.05, 3.63) is 144 Å². The van der Waals surface area contributed by atoms with Gasteiger partial charge in [-0.05, 0) is 125 Å². The monoisotopic (exact) mass is 618 g/mol. The van der Waals surface area contributed by atoms with Crippen LogP contribution in [0.2, 0.25) is 0 Å². The topological polar surface area (TPSA) is 39.4 Å². The van der Waals surface area contributed by atoms with Crippen LogP contribution in [0.4, 0.5) is 0 Å². The maximum absolute atomic E-state index is 6.23. The highest BCUT2D eigenvalue weighted by molar-refractivity contribution is 6.10. The fourth-order valence-corrected chi connectivity index (χ4v) is 8.16. The van der Waals surface area contributed by atoms with Gasteiger partial charge in [-0.2, -0.15) is 0 Å². The van der Waals surface area contributed by atoms with Crippen LogP contribution in [0.15, 0.2) is 141 Å². The third-order valence-corrected chi connectivity index (χ3v) is 10.2. The molecule has 0 aliphatic rings. The van der Waals surface area contributed by atoms with Crippen LogP contribution >= 0.6 is 0 Å². The Morgan fingerprint density at radius 2 is 0.562 bits per heavy atom. The minimum atomic E-state index is 0.900. The van der Waals surface area contributed by atoms with Gasteiger partial charge in [0.25, 0.3) is 0 Å². The van der Waals surface area contributed by atoms with Crippen molar-refractivity contribution in [2.75, 3.05) is 0 Å². The summed E-state index contributed by atoms with van der Waals surface area (Å²) in [5.74, 6) is 0. The zero-order valence-corrected chi connectivity index (χ0v) is 26.8. The number of hydrogen-bond donors (Lipinski definition) is 0. The van der Waals surface area contributed by atoms with Crippen molar-refractivity contribution in [1.29, 1.82) is 0 Å². The summed E-state index contributed by atoms with van der Waals surface area (Å²) in [5.41, 5.74) is 16.4. The van der Waals surface area contributed by atoms with Crippen LogP contribution in [-0.2, 0) is 0 Å². The largest absolute Gasteiger partial charge is 0.456 e.